The number of hydrogen-bond donors (Lipinski definition) is 1. The molecule has 9 nitrogen and oxygen atoms in total. The Balaban J connectivity index is 1.59. The lowest BCUT2D eigenvalue weighted by atomic mass is 9.91. The maximum absolute atomic E-state index is 13.2. The van der Waals surface area contributed by atoms with Gasteiger partial charge in [-0.15, -0.1) is 0 Å². The van der Waals surface area contributed by atoms with Crippen LogP contribution in [0.25, 0.3) is 5.82 Å². The van der Waals surface area contributed by atoms with Gasteiger partial charge in [0.2, 0.25) is 0 Å². The fraction of sp³-hybridized carbons (Fsp3) is 0.556. The van der Waals surface area contributed by atoms with Crippen molar-refractivity contribution in [2.45, 2.75) is 38.4 Å². The Hall–Kier alpha value is -2.52. The van der Waals surface area contributed by atoms with Crippen molar-refractivity contribution < 1.29 is 14.3 Å². The third-order valence-corrected chi connectivity index (χ3v) is 5.22. The number of carbonyl (C=O) groups is 1. The monoisotopic (exact) mass is 373 g/mol. The summed E-state index contributed by atoms with van der Waals surface area (Å²) >= 11 is 0. The van der Waals surface area contributed by atoms with Crippen LogP contribution >= 0.6 is 0 Å². The Morgan fingerprint density at radius 3 is 2.81 bits per heavy atom. The molecule has 4 heterocycles. The van der Waals surface area contributed by atoms with E-state index in [-0.39, 0.29) is 23.2 Å². The van der Waals surface area contributed by atoms with Gasteiger partial charge >= 0.3 is 0 Å². The first-order chi connectivity index (χ1) is 13.0. The van der Waals surface area contributed by atoms with Crippen LogP contribution in [0.1, 0.15) is 35.8 Å². The van der Waals surface area contributed by atoms with Crippen molar-refractivity contribution in [1.29, 1.82) is 0 Å². The molecule has 2 aromatic heterocycles. The van der Waals surface area contributed by atoms with E-state index >= 15 is 0 Å². The van der Waals surface area contributed by atoms with Crippen molar-refractivity contribution in [2.24, 2.45) is 0 Å². The molecule has 2 fully saturated rings. The Morgan fingerprint density at radius 2 is 2.11 bits per heavy atom. The van der Waals surface area contributed by atoms with Gasteiger partial charge in [-0.2, -0.15) is 10.2 Å². The molecule has 1 N–H and O–H groups in total. The first-order valence-corrected chi connectivity index (χ1v) is 9.13. The summed E-state index contributed by atoms with van der Waals surface area (Å²) in [5.74, 6) is 0.395. The normalized spacial score (nSPS) is 22.1. The number of nitrogens with one attached hydrogen (secondary N) is 1. The van der Waals surface area contributed by atoms with Gasteiger partial charge in [0.15, 0.2) is 5.82 Å². The predicted octanol–water partition coefficient (Wildman–Crippen LogP) is 0.674. The Labute approximate surface area is 156 Å². The minimum atomic E-state index is -0.323. The molecule has 2 aliphatic rings. The Kier molecular flexibility index (Phi) is 4.56. The van der Waals surface area contributed by atoms with E-state index in [1.165, 1.54) is 6.07 Å². The average Bonchev–Trinajstić information content (AvgIpc) is 3.03. The van der Waals surface area contributed by atoms with Crippen LogP contribution in [0.2, 0.25) is 0 Å². The molecule has 1 spiro atoms. The molecule has 4 rings (SSSR count). The van der Waals surface area contributed by atoms with Crippen molar-refractivity contribution in [3.05, 3.63) is 39.9 Å². The molecule has 2 aromatic rings. The predicted molar refractivity (Wildman–Crippen MR) is 96.0 cm³/mol. The summed E-state index contributed by atoms with van der Waals surface area (Å²) in [6.45, 7) is 6.23. The summed E-state index contributed by atoms with van der Waals surface area (Å²) in [4.78, 5) is 26.3. The van der Waals surface area contributed by atoms with E-state index < -0.39 is 0 Å². The third-order valence-electron chi connectivity index (χ3n) is 5.22. The topological polar surface area (TPSA) is 102 Å². The number of aromatic nitrogens is 4. The molecule has 9 heteroatoms. The number of ether oxygens (including phenoxy) is 2. The first kappa shape index (κ1) is 17.9. The van der Waals surface area contributed by atoms with Gasteiger partial charge in [0.25, 0.3) is 11.5 Å². The van der Waals surface area contributed by atoms with Crippen molar-refractivity contribution in [2.75, 3.05) is 26.3 Å². The van der Waals surface area contributed by atoms with Crippen LogP contribution < -0.4 is 5.56 Å². The molecule has 27 heavy (non-hydrogen) atoms. The lowest BCUT2D eigenvalue weighted by Gasteiger charge is -2.47. The SMILES string of the molecule is Cc1c(C(=O)N2CC(C)OC3(CCOCC3)C2)cnn1-c1ccc(=O)[nH]n1. The number of nitrogens with zero attached hydrogens (tertiary/aromatic N) is 4. The van der Waals surface area contributed by atoms with Crippen LogP contribution in [-0.4, -0.2) is 68.8 Å². The van der Waals surface area contributed by atoms with E-state index in [1.807, 2.05) is 18.7 Å². The number of amides is 1. The van der Waals surface area contributed by atoms with E-state index in [2.05, 4.69) is 15.3 Å². The summed E-state index contributed by atoms with van der Waals surface area (Å²) in [7, 11) is 0. The molecule has 0 bridgehead atoms. The van der Waals surface area contributed by atoms with Gasteiger partial charge in [0.05, 0.1) is 35.7 Å². The summed E-state index contributed by atoms with van der Waals surface area (Å²) in [5, 5.41) is 10.6. The lowest BCUT2D eigenvalue weighted by Crippen LogP contribution is -2.58. The van der Waals surface area contributed by atoms with Crippen LogP contribution in [0.4, 0.5) is 0 Å². The highest BCUT2D eigenvalue weighted by molar-refractivity contribution is 5.95. The Morgan fingerprint density at radius 1 is 1.33 bits per heavy atom. The molecular weight excluding hydrogens is 350 g/mol. The third kappa shape index (κ3) is 3.40. The first-order valence-electron chi connectivity index (χ1n) is 9.13. The van der Waals surface area contributed by atoms with Gasteiger partial charge in [-0.05, 0) is 19.9 Å². The van der Waals surface area contributed by atoms with Gasteiger partial charge in [-0.3, -0.25) is 9.59 Å². The van der Waals surface area contributed by atoms with Gasteiger partial charge in [0, 0.05) is 38.7 Å². The van der Waals surface area contributed by atoms with Crippen molar-refractivity contribution in [1.82, 2.24) is 24.9 Å². The van der Waals surface area contributed by atoms with Crippen molar-refractivity contribution >= 4 is 5.91 Å². The van der Waals surface area contributed by atoms with E-state index in [9.17, 15) is 9.59 Å². The molecule has 0 radical (unpaired) electrons. The molecule has 2 saturated heterocycles. The molecule has 0 aromatic carbocycles. The average molecular weight is 373 g/mol. The fourth-order valence-electron chi connectivity index (χ4n) is 3.87. The zero-order valence-corrected chi connectivity index (χ0v) is 15.5. The maximum Gasteiger partial charge on any atom is 0.264 e. The quantitative estimate of drug-likeness (QED) is 0.830. The summed E-state index contributed by atoms with van der Waals surface area (Å²) in [6.07, 6.45) is 3.11. The van der Waals surface area contributed by atoms with Crippen molar-refractivity contribution in [3.8, 4) is 5.82 Å². The highest BCUT2D eigenvalue weighted by Crippen LogP contribution is 2.32. The molecule has 144 valence electrons. The summed E-state index contributed by atoms with van der Waals surface area (Å²) in [5.41, 5.74) is 0.596. The number of carbonyl (C=O) groups excluding carboxylic acids is 1. The number of rotatable bonds is 2. The number of morpholine rings is 1. The largest absolute Gasteiger partial charge is 0.381 e. The highest BCUT2D eigenvalue weighted by Gasteiger charge is 2.42. The Bertz CT molecular complexity index is 879. The smallest absolute Gasteiger partial charge is 0.264 e. The van der Waals surface area contributed by atoms with Crippen LogP contribution in [0.5, 0.6) is 0 Å². The molecule has 1 amide bonds. The second kappa shape index (κ2) is 6.90. The standard InChI is InChI=1S/C18H23N5O4/c1-12-10-22(11-18(27-12)5-7-26-8-6-18)17(25)14-9-19-23(13(14)2)15-3-4-16(24)21-20-15/h3-4,9,12H,5-8,10-11H2,1-2H3,(H,21,24). The van der Waals surface area contributed by atoms with Gasteiger partial charge in [-0.25, -0.2) is 9.78 Å². The number of H-pyrrole nitrogens is 1. The van der Waals surface area contributed by atoms with Crippen LogP contribution in [0.15, 0.2) is 23.1 Å². The minimum Gasteiger partial charge on any atom is -0.381 e. The summed E-state index contributed by atoms with van der Waals surface area (Å²) < 4.78 is 13.2. The molecule has 1 atom stereocenters. The molecule has 0 saturated carbocycles. The molecule has 1 unspecified atom stereocenters. The molecular formula is C18H23N5O4. The van der Waals surface area contributed by atoms with E-state index in [0.717, 1.165) is 12.8 Å². The number of hydrogen-bond acceptors (Lipinski definition) is 6. The second-order valence-electron chi connectivity index (χ2n) is 7.24. The van der Waals surface area contributed by atoms with Crippen LogP contribution in [-0.2, 0) is 9.47 Å². The van der Waals surface area contributed by atoms with Crippen molar-refractivity contribution in [3.63, 3.8) is 0 Å². The second-order valence-corrected chi connectivity index (χ2v) is 7.24. The zero-order chi connectivity index (χ0) is 19.0. The van der Waals surface area contributed by atoms with E-state index in [1.54, 1.807) is 16.9 Å². The zero-order valence-electron chi connectivity index (χ0n) is 15.5. The highest BCUT2D eigenvalue weighted by atomic mass is 16.5. The van der Waals surface area contributed by atoms with Crippen LogP contribution in [0, 0.1) is 6.92 Å². The molecule has 2 aliphatic heterocycles. The minimum absolute atomic E-state index is 0.0305. The van der Waals surface area contributed by atoms with E-state index in [0.29, 0.717) is 43.4 Å². The fourth-order valence-corrected chi connectivity index (χ4v) is 3.87. The molecule has 0 aliphatic carbocycles. The number of aromatic amines is 1. The van der Waals surface area contributed by atoms with Crippen LogP contribution in [0.3, 0.4) is 0 Å². The van der Waals surface area contributed by atoms with Gasteiger partial charge < -0.3 is 14.4 Å². The van der Waals surface area contributed by atoms with Gasteiger partial charge in [0.1, 0.15) is 0 Å². The maximum atomic E-state index is 13.2. The van der Waals surface area contributed by atoms with E-state index in [4.69, 9.17) is 9.47 Å². The van der Waals surface area contributed by atoms with Gasteiger partial charge in [-0.1, -0.05) is 0 Å². The summed E-state index contributed by atoms with van der Waals surface area (Å²) in [6, 6.07) is 2.95. The lowest BCUT2D eigenvalue weighted by molar-refractivity contribution is -0.176.